The van der Waals surface area contributed by atoms with E-state index in [0.717, 1.165) is 29.0 Å². The van der Waals surface area contributed by atoms with E-state index in [1.807, 2.05) is 54.6 Å². The number of hydrogen-bond acceptors (Lipinski definition) is 4. The minimum absolute atomic E-state index is 0.229. The van der Waals surface area contributed by atoms with Gasteiger partial charge in [0.15, 0.2) is 0 Å². The molecule has 0 aromatic heterocycles. The van der Waals surface area contributed by atoms with Crippen molar-refractivity contribution in [1.29, 1.82) is 0 Å². The molecular formula is C61H65BBrO4P. The van der Waals surface area contributed by atoms with E-state index in [1.165, 1.54) is 82.1 Å². The molecule has 348 valence electrons. The van der Waals surface area contributed by atoms with Crippen molar-refractivity contribution >= 4 is 41.7 Å². The fraction of sp³-hybridized carbons (Fsp3) is 0.213. The normalized spacial score (nSPS) is 12.5. The highest BCUT2D eigenvalue weighted by molar-refractivity contribution is 9.10. The van der Waals surface area contributed by atoms with Gasteiger partial charge in [0.2, 0.25) is 0 Å². The third-order valence-corrected chi connectivity index (χ3v) is 16.3. The summed E-state index contributed by atoms with van der Waals surface area (Å²) >= 11 is 3.51. The molecule has 4 nitrogen and oxygen atoms in total. The molecule has 0 amide bonds. The van der Waals surface area contributed by atoms with Crippen molar-refractivity contribution in [3.8, 4) is 56.0 Å². The van der Waals surface area contributed by atoms with Crippen LogP contribution in [-0.2, 0) is 0 Å². The van der Waals surface area contributed by atoms with Crippen LogP contribution in [0.5, 0.6) is 11.5 Å². The van der Waals surface area contributed by atoms with E-state index in [2.05, 4.69) is 188 Å². The number of halogens is 1. The Morgan fingerprint density at radius 1 is 0.515 bits per heavy atom. The molecule has 0 saturated carbocycles. The summed E-state index contributed by atoms with van der Waals surface area (Å²) in [6.07, 6.45) is 0.819. The molecule has 68 heavy (non-hydrogen) atoms. The Morgan fingerprint density at radius 2 is 0.985 bits per heavy atom. The van der Waals surface area contributed by atoms with Gasteiger partial charge in [0.05, 0.1) is 7.11 Å². The van der Waals surface area contributed by atoms with Gasteiger partial charge in [0, 0.05) is 15.3 Å². The predicted octanol–water partition coefficient (Wildman–Crippen LogP) is 15.3. The van der Waals surface area contributed by atoms with Crippen LogP contribution in [0.15, 0.2) is 174 Å². The van der Waals surface area contributed by atoms with Crippen molar-refractivity contribution in [3.63, 3.8) is 0 Å². The topological polar surface area (TPSA) is 58.9 Å². The first kappa shape index (κ1) is 51.6. The number of ether oxygens (including phenoxy) is 2. The first-order chi connectivity index (χ1) is 32.5. The number of rotatable bonds is 6. The average Bonchev–Trinajstić information content (AvgIpc) is 3.78. The molecule has 7 heteroatoms. The second-order valence-electron chi connectivity index (χ2n) is 18.4. The first-order valence-corrected chi connectivity index (χ1v) is 25.5. The summed E-state index contributed by atoms with van der Waals surface area (Å²) in [5.41, 5.74) is 19.3. The fourth-order valence-electron chi connectivity index (χ4n) is 8.94. The summed E-state index contributed by atoms with van der Waals surface area (Å²) in [7, 11) is -0.0426. The van der Waals surface area contributed by atoms with E-state index < -0.39 is 7.12 Å². The zero-order valence-electron chi connectivity index (χ0n) is 41.5. The average molecular weight is 984 g/mol. The van der Waals surface area contributed by atoms with Gasteiger partial charge in [-0.25, -0.2) is 0 Å². The van der Waals surface area contributed by atoms with Crippen molar-refractivity contribution in [3.05, 3.63) is 213 Å². The van der Waals surface area contributed by atoms with Crippen molar-refractivity contribution in [2.24, 2.45) is 0 Å². The van der Waals surface area contributed by atoms with Crippen LogP contribution in [0.1, 0.15) is 59.7 Å². The smallest absolute Gasteiger partial charge is 0.489 e. The summed E-state index contributed by atoms with van der Waals surface area (Å²) < 4.78 is 12.9. The van der Waals surface area contributed by atoms with Crippen molar-refractivity contribution < 1.29 is 19.5 Å². The molecular weight excluding hydrogens is 918 g/mol. The Kier molecular flexibility index (Phi) is 17.9. The number of methoxy groups -OCH3 is 1. The quantitative estimate of drug-likeness (QED) is 0.129. The molecule has 1 aliphatic heterocycles. The molecule has 0 radical (unpaired) electrons. The van der Waals surface area contributed by atoms with Gasteiger partial charge in [-0.3, -0.25) is 0 Å². The number of fused-ring (bicyclic) bond motifs is 1. The number of benzene rings is 8. The Labute approximate surface area is 416 Å². The summed E-state index contributed by atoms with van der Waals surface area (Å²) in [4.78, 5) is 0. The maximum Gasteiger partial charge on any atom is 0.489 e. The zero-order chi connectivity index (χ0) is 49.1. The molecule has 8 aromatic rings. The lowest BCUT2D eigenvalue weighted by Gasteiger charge is -2.28. The standard InChI is InChI=1S/C21H20.C19H23O2P.C12H11BO2.C9H11Br/c1-15-13-16(2)21(17(3)14-15)20-12-8-7-11-19(20)18-9-5-4-6-10-18;1-13-8-6-10-15(20-5)17(13)14-9-7-11-16-18(14)22(12-21-16)19(2,3)4;14-13(15)12-9-5-4-8-11(12)10-6-2-1-3-7-10;1-6-4-7(2)9(10)8(3)5-6/h4-14H,1-3H3;6-11H,12H2,1-5H3;1-9,14-15H;4-5H,1-3H3. The van der Waals surface area contributed by atoms with Crippen LogP contribution >= 0.6 is 23.9 Å². The van der Waals surface area contributed by atoms with Crippen molar-refractivity contribution in [1.82, 2.24) is 0 Å². The van der Waals surface area contributed by atoms with Gasteiger partial charge in [-0.1, -0.05) is 206 Å². The van der Waals surface area contributed by atoms with Crippen LogP contribution in [0.2, 0.25) is 0 Å². The highest BCUT2D eigenvalue weighted by Crippen LogP contribution is 2.56. The Hall–Kier alpha value is -5.75. The Balaban J connectivity index is 0.000000155. The SMILES string of the molecule is COc1cccc(C)c1-c1cccc2c1P(C(C)(C)C)CO2.Cc1cc(C)c(-c2ccccc2-c2ccccc2)c(C)c1.Cc1cc(C)c(Br)c(C)c1.OB(O)c1ccccc1-c1ccccc1. The highest BCUT2D eigenvalue weighted by atomic mass is 79.9. The van der Waals surface area contributed by atoms with Gasteiger partial charge < -0.3 is 19.5 Å². The predicted molar refractivity (Wildman–Crippen MR) is 297 cm³/mol. The fourth-order valence-corrected chi connectivity index (χ4v) is 11.5. The van der Waals surface area contributed by atoms with Crippen LogP contribution in [0.25, 0.3) is 44.5 Å². The van der Waals surface area contributed by atoms with E-state index in [1.54, 1.807) is 19.2 Å². The van der Waals surface area contributed by atoms with Gasteiger partial charge in [-0.05, 0) is 146 Å². The van der Waals surface area contributed by atoms with Crippen LogP contribution in [0.4, 0.5) is 0 Å². The van der Waals surface area contributed by atoms with E-state index in [4.69, 9.17) is 9.47 Å². The van der Waals surface area contributed by atoms with E-state index in [9.17, 15) is 10.0 Å². The van der Waals surface area contributed by atoms with Crippen LogP contribution in [-0.4, -0.2) is 35.8 Å². The van der Waals surface area contributed by atoms with Crippen LogP contribution in [0, 0.1) is 48.5 Å². The van der Waals surface area contributed by atoms with Gasteiger partial charge in [-0.2, -0.15) is 0 Å². The van der Waals surface area contributed by atoms with E-state index >= 15 is 0 Å². The van der Waals surface area contributed by atoms with E-state index in [0.29, 0.717) is 5.46 Å². The van der Waals surface area contributed by atoms with Crippen LogP contribution in [0.3, 0.4) is 0 Å². The lowest BCUT2D eigenvalue weighted by atomic mass is 9.75. The summed E-state index contributed by atoms with van der Waals surface area (Å²) in [6, 6.07) is 57.8. The molecule has 2 N–H and O–H groups in total. The molecule has 1 aliphatic rings. The third kappa shape index (κ3) is 12.7. The lowest BCUT2D eigenvalue weighted by Crippen LogP contribution is -2.31. The maximum absolute atomic E-state index is 9.22. The third-order valence-electron chi connectivity index (χ3n) is 12.0. The molecule has 0 saturated heterocycles. The lowest BCUT2D eigenvalue weighted by molar-refractivity contribution is 0.400. The van der Waals surface area contributed by atoms with Crippen molar-refractivity contribution in [2.45, 2.75) is 74.4 Å². The van der Waals surface area contributed by atoms with Gasteiger partial charge >= 0.3 is 7.12 Å². The summed E-state index contributed by atoms with van der Waals surface area (Å²) in [5.74, 6) is 1.98. The largest absolute Gasteiger partial charge is 0.496 e. The minimum Gasteiger partial charge on any atom is -0.496 e. The van der Waals surface area contributed by atoms with Gasteiger partial charge in [-0.15, -0.1) is 0 Å². The second-order valence-corrected chi connectivity index (χ2v) is 22.1. The van der Waals surface area contributed by atoms with Crippen LogP contribution < -0.4 is 20.2 Å². The van der Waals surface area contributed by atoms with E-state index in [-0.39, 0.29) is 13.1 Å². The molecule has 1 unspecified atom stereocenters. The number of hydrogen-bond donors (Lipinski definition) is 2. The summed E-state index contributed by atoms with van der Waals surface area (Å²) in [6.45, 7) is 22.0. The molecule has 0 aliphatic carbocycles. The number of aryl methyl sites for hydroxylation is 7. The second kappa shape index (κ2) is 23.5. The molecule has 0 fully saturated rings. The Morgan fingerprint density at radius 3 is 1.53 bits per heavy atom. The van der Waals surface area contributed by atoms with Gasteiger partial charge in [0.1, 0.15) is 17.8 Å². The molecule has 0 bridgehead atoms. The molecule has 8 aromatic carbocycles. The minimum atomic E-state index is -1.43. The summed E-state index contributed by atoms with van der Waals surface area (Å²) in [5, 5.41) is 20.1. The maximum atomic E-state index is 9.22. The highest BCUT2D eigenvalue weighted by Gasteiger charge is 2.36. The molecule has 1 heterocycles. The molecule has 1 atom stereocenters. The molecule has 0 spiro atoms. The molecule has 9 rings (SSSR count). The Bertz CT molecular complexity index is 2900. The van der Waals surface area contributed by atoms with Crippen molar-refractivity contribution in [2.75, 3.05) is 13.5 Å². The zero-order valence-corrected chi connectivity index (χ0v) is 44.0. The first-order valence-electron chi connectivity index (χ1n) is 23.1. The van der Waals surface area contributed by atoms with Gasteiger partial charge in [0.25, 0.3) is 0 Å². The monoisotopic (exact) mass is 982 g/mol.